The molecule has 1 amide bonds. The number of aromatic nitrogens is 1. The molecule has 0 fully saturated rings. The van der Waals surface area contributed by atoms with Gasteiger partial charge in [0.15, 0.2) is 0 Å². The predicted molar refractivity (Wildman–Crippen MR) is 80.8 cm³/mol. The van der Waals surface area contributed by atoms with Crippen molar-refractivity contribution in [1.82, 2.24) is 9.88 Å². The Hall–Kier alpha value is -1.81. The summed E-state index contributed by atoms with van der Waals surface area (Å²) < 4.78 is 7.10. The first-order chi connectivity index (χ1) is 9.65. The maximum atomic E-state index is 12.1. The first-order valence-corrected chi connectivity index (χ1v) is 6.98. The van der Waals surface area contributed by atoms with Gasteiger partial charge in [-0.1, -0.05) is 25.1 Å². The quantitative estimate of drug-likeness (QED) is 0.879. The molecular formula is C16H22N2O2. The largest absolute Gasteiger partial charge is 0.383 e. The third kappa shape index (κ3) is 3.20. The number of aryl methyl sites for hydroxylation is 1. The summed E-state index contributed by atoms with van der Waals surface area (Å²) >= 11 is 0. The second-order valence-electron chi connectivity index (χ2n) is 5.09. The van der Waals surface area contributed by atoms with Crippen molar-refractivity contribution in [2.24, 2.45) is 0 Å². The zero-order valence-corrected chi connectivity index (χ0v) is 12.3. The van der Waals surface area contributed by atoms with Crippen LogP contribution in [0.15, 0.2) is 30.5 Å². The average molecular weight is 274 g/mol. The van der Waals surface area contributed by atoms with Crippen molar-refractivity contribution < 1.29 is 9.53 Å². The number of carbonyl (C=O) groups is 1. The van der Waals surface area contributed by atoms with Crippen LogP contribution in [-0.4, -0.2) is 30.2 Å². The SMILES string of the molecule is CCC(COC)NC(=O)Cn1cc(C)c2ccccc21. The number of carbonyl (C=O) groups excluding carboxylic acids is 1. The van der Waals surface area contributed by atoms with E-state index >= 15 is 0 Å². The average Bonchev–Trinajstić information content (AvgIpc) is 2.75. The monoisotopic (exact) mass is 274 g/mol. The highest BCUT2D eigenvalue weighted by molar-refractivity contribution is 5.86. The summed E-state index contributed by atoms with van der Waals surface area (Å²) in [7, 11) is 1.65. The number of hydrogen-bond acceptors (Lipinski definition) is 2. The minimum absolute atomic E-state index is 0.0228. The molecule has 20 heavy (non-hydrogen) atoms. The van der Waals surface area contributed by atoms with Crippen LogP contribution in [0.1, 0.15) is 18.9 Å². The Morgan fingerprint density at radius 2 is 2.15 bits per heavy atom. The summed E-state index contributed by atoms with van der Waals surface area (Å²) in [6.07, 6.45) is 2.90. The van der Waals surface area contributed by atoms with Crippen LogP contribution >= 0.6 is 0 Å². The Labute approximate surface area is 119 Å². The van der Waals surface area contributed by atoms with Crippen LogP contribution in [-0.2, 0) is 16.1 Å². The van der Waals surface area contributed by atoms with Crippen LogP contribution in [0.2, 0.25) is 0 Å². The van der Waals surface area contributed by atoms with Crippen LogP contribution in [0, 0.1) is 6.92 Å². The third-order valence-corrected chi connectivity index (χ3v) is 3.53. The van der Waals surface area contributed by atoms with E-state index in [4.69, 9.17) is 4.74 Å². The van der Waals surface area contributed by atoms with Crippen molar-refractivity contribution in [3.8, 4) is 0 Å². The molecule has 0 saturated heterocycles. The first-order valence-electron chi connectivity index (χ1n) is 6.98. The Morgan fingerprint density at radius 1 is 1.40 bits per heavy atom. The summed E-state index contributed by atoms with van der Waals surface area (Å²) in [6, 6.07) is 8.22. The van der Waals surface area contributed by atoms with Gasteiger partial charge in [0.05, 0.1) is 12.6 Å². The molecule has 1 aromatic heterocycles. The molecule has 1 N–H and O–H groups in total. The molecule has 0 bridgehead atoms. The number of rotatable bonds is 6. The summed E-state index contributed by atoms with van der Waals surface area (Å²) in [4.78, 5) is 12.1. The molecule has 1 aromatic carbocycles. The minimum atomic E-state index is 0.0228. The molecule has 108 valence electrons. The molecular weight excluding hydrogens is 252 g/mol. The molecule has 2 rings (SSSR count). The normalized spacial score (nSPS) is 12.6. The molecule has 1 unspecified atom stereocenters. The Kier molecular flexibility index (Phi) is 4.79. The van der Waals surface area contributed by atoms with Gasteiger partial charge in [-0.3, -0.25) is 4.79 Å². The van der Waals surface area contributed by atoms with Crippen LogP contribution in [0.3, 0.4) is 0 Å². The van der Waals surface area contributed by atoms with Gasteiger partial charge in [-0.05, 0) is 25.0 Å². The highest BCUT2D eigenvalue weighted by Gasteiger charge is 2.12. The molecule has 1 heterocycles. The van der Waals surface area contributed by atoms with E-state index < -0.39 is 0 Å². The number of fused-ring (bicyclic) bond motifs is 1. The van der Waals surface area contributed by atoms with E-state index in [1.165, 1.54) is 10.9 Å². The highest BCUT2D eigenvalue weighted by Crippen LogP contribution is 2.20. The summed E-state index contributed by atoms with van der Waals surface area (Å²) in [5.74, 6) is 0.0228. The van der Waals surface area contributed by atoms with Crippen molar-refractivity contribution in [2.75, 3.05) is 13.7 Å². The molecule has 0 radical (unpaired) electrons. The molecule has 0 saturated carbocycles. The molecule has 0 aliphatic rings. The van der Waals surface area contributed by atoms with Gasteiger partial charge in [-0.25, -0.2) is 0 Å². The first kappa shape index (κ1) is 14.6. The van der Waals surface area contributed by atoms with Crippen molar-refractivity contribution >= 4 is 16.8 Å². The number of methoxy groups -OCH3 is 1. The fourth-order valence-electron chi connectivity index (χ4n) is 2.45. The molecule has 0 aliphatic heterocycles. The number of nitrogens with zero attached hydrogens (tertiary/aromatic N) is 1. The van der Waals surface area contributed by atoms with Gasteiger partial charge in [0, 0.05) is 24.2 Å². The van der Waals surface area contributed by atoms with Crippen LogP contribution in [0.25, 0.3) is 10.9 Å². The molecule has 4 heteroatoms. The van der Waals surface area contributed by atoms with Crippen LogP contribution in [0.5, 0.6) is 0 Å². The minimum Gasteiger partial charge on any atom is -0.383 e. The molecule has 2 aromatic rings. The standard InChI is InChI=1S/C16H22N2O2/c1-4-13(11-20-3)17-16(19)10-18-9-12(2)14-7-5-6-8-15(14)18/h5-9,13H,4,10-11H2,1-3H3,(H,17,19). The summed E-state index contributed by atoms with van der Waals surface area (Å²) in [5, 5.41) is 4.20. The predicted octanol–water partition coefficient (Wildman–Crippen LogP) is 2.49. The van der Waals surface area contributed by atoms with E-state index in [0.29, 0.717) is 13.2 Å². The van der Waals surface area contributed by atoms with Gasteiger partial charge in [0.1, 0.15) is 6.54 Å². The van der Waals surface area contributed by atoms with Crippen molar-refractivity contribution in [3.63, 3.8) is 0 Å². The molecule has 4 nitrogen and oxygen atoms in total. The van der Waals surface area contributed by atoms with E-state index in [-0.39, 0.29) is 11.9 Å². The number of benzene rings is 1. The fourth-order valence-corrected chi connectivity index (χ4v) is 2.45. The summed E-state index contributed by atoms with van der Waals surface area (Å²) in [6.45, 7) is 5.00. The zero-order valence-electron chi connectivity index (χ0n) is 12.3. The van der Waals surface area contributed by atoms with Gasteiger partial charge in [0.25, 0.3) is 0 Å². The van der Waals surface area contributed by atoms with E-state index in [1.54, 1.807) is 7.11 Å². The van der Waals surface area contributed by atoms with Gasteiger partial charge in [0.2, 0.25) is 5.91 Å². The Morgan fingerprint density at radius 3 is 2.85 bits per heavy atom. The van der Waals surface area contributed by atoms with Crippen molar-refractivity contribution in [1.29, 1.82) is 0 Å². The maximum Gasteiger partial charge on any atom is 0.240 e. The number of amides is 1. The Bertz CT molecular complexity index is 589. The second kappa shape index (κ2) is 6.57. The lowest BCUT2D eigenvalue weighted by Crippen LogP contribution is -2.39. The highest BCUT2D eigenvalue weighted by atomic mass is 16.5. The van der Waals surface area contributed by atoms with Crippen LogP contribution < -0.4 is 5.32 Å². The van der Waals surface area contributed by atoms with E-state index in [9.17, 15) is 4.79 Å². The number of ether oxygens (including phenoxy) is 1. The van der Waals surface area contributed by atoms with Gasteiger partial charge >= 0.3 is 0 Å². The van der Waals surface area contributed by atoms with Gasteiger partial charge < -0.3 is 14.6 Å². The lowest BCUT2D eigenvalue weighted by Gasteiger charge is -2.16. The second-order valence-corrected chi connectivity index (χ2v) is 5.09. The summed E-state index contributed by atoms with van der Waals surface area (Å²) in [5.41, 5.74) is 2.29. The number of para-hydroxylation sites is 1. The lowest BCUT2D eigenvalue weighted by molar-refractivity contribution is -0.122. The van der Waals surface area contributed by atoms with Crippen molar-refractivity contribution in [3.05, 3.63) is 36.0 Å². The van der Waals surface area contributed by atoms with E-state index in [1.807, 2.05) is 35.9 Å². The molecule has 0 aliphatic carbocycles. The number of hydrogen-bond donors (Lipinski definition) is 1. The maximum absolute atomic E-state index is 12.1. The topological polar surface area (TPSA) is 43.3 Å². The van der Waals surface area contributed by atoms with E-state index in [0.717, 1.165) is 11.9 Å². The van der Waals surface area contributed by atoms with Gasteiger partial charge in [-0.15, -0.1) is 0 Å². The lowest BCUT2D eigenvalue weighted by atomic mass is 10.2. The number of nitrogens with one attached hydrogen (secondary N) is 1. The molecule has 1 atom stereocenters. The zero-order chi connectivity index (χ0) is 14.5. The Balaban J connectivity index is 2.10. The van der Waals surface area contributed by atoms with Crippen LogP contribution in [0.4, 0.5) is 0 Å². The molecule has 0 spiro atoms. The van der Waals surface area contributed by atoms with Gasteiger partial charge in [-0.2, -0.15) is 0 Å². The third-order valence-electron chi connectivity index (χ3n) is 3.53. The smallest absolute Gasteiger partial charge is 0.240 e. The van der Waals surface area contributed by atoms with E-state index in [2.05, 4.69) is 18.3 Å². The fraction of sp³-hybridized carbons (Fsp3) is 0.438. The van der Waals surface area contributed by atoms with Crippen molar-refractivity contribution in [2.45, 2.75) is 32.9 Å².